The predicted octanol–water partition coefficient (Wildman–Crippen LogP) is 3.62. The van der Waals surface area contributed by atoms with Crippen LogP contribution >= 0.6 is 0 Å². The Morgan fingerprint density at radius 1 is 1.19 bits per heavy atom. The van der Waals surface area contributed by atoms with Gasteiger partial charge in [0.25, 0.3) is 0 Å². The molecule has 1 heterocycles. The smallest absolute Gasteiger partial charge is 0.237 e. The number of aromatic nitrogens is 2. The molecule has 0 amide bonds. The van der Waals surface area contributed by atoms with Crippen LogP contribution in [-0.2, 0) is 10.2 Å². The maximum Gasteiger partial charge on any atom is 0.237 e. The zero-order valence-corrected chi connectivity index (χ0v) is 12.5. The molecule has 1 fully saturated rings. The van der Waals surface area contributed by atoms with Crippen LogP contribution in [-0.4, -0.2) is 15.9 Å². The number of benzene rings is 1. The summed E-state index contributed by atoms with van der Waals surface area (Å²) in [5, 5.41) is 4.14. The predicted molar refractivity (Wildman–Crippen MR) is 79.1 cm³/mol. The molecule has 0 radical (unpaired) electrons. The van der Waals surface area contributed by atoms with Crippen LogP contribution < -0.4 is 0 Å². The third-order valence-corrected chi connectivity index (χ3v) is 4.35. The lowest BCUT2D eigenvalue weighted by molar-refractivity contribution is -0.122. The van der Waals surface area contributed by atoms with Crippen LogP contribution in [0.4, 0.5) is 0 Å². The summed E-state index contributed by atoms with van der Waals surface area (Å²) in [5.74, 6) is 1.15. The molecule has 0 N–H and O–H groups in total. The average Bonchev–Trinajstić information content (AvgIpc) is 2.99. The van der Waals surface area contributed by atoms with E-state index < -0.39 is 0 Å². The van der Waals surface area contributed by atoms with Crippen LogP contribution in [0.1, 0.15) is 62.7 Å². The summed E-state index contributed by atoms with van der Waals surface area (Å²) in [4.78, 5) is 16.5. The summed E-state index contributed by atoms with van der Waals surface area (Å²) in [6.07, 6.45) is 3.48. The Labute approximate surface area is 124 Å². The SMILES string of the molecule is CC(C)(c1ccccc1)c1noc(C2CCCCC2=O)n1. The molecule has 1 aliphatic carbocycles. The topological polar surface area (TPSA) is 56.0 Å². The fourth-order valence-corrected chi connectivity index (χ4v) is 2.86. The van der Waals surface area contributed by atoms with Gasteiger partial charge in [0.15, 0.2) is 5.82 Å². The van der Waals surface area contributed by atoms with Gasteiger partial charge in [-0.1, -0.05) is 41.9 Å². The molecule has 0 spiro atoms. The maximum absolute atomic E-state index is 12.0. The molecule has 1 atom stereocenters. The summed E-state index contributed by atoms with van der Waals surface area (Å²) < 4.78 is 5.40. The highest BCUT2D eigenvalue weighted by atomic mass is 16.5. The average molecular weight is 284 g/mol. The van der Waals surface area contributed by atoms with Crippen molar-refractivity contribution in [2.75, 3.05) is 0 Å². The summed E-state index contributed by atoms with van der Waals surface area (Å²) in [6, 6.07) is 10.1. The van der Waals surface area contributed by atoms with Crippen molar-refractivity contribution in [3.05, 3.63) is 47.6 Å². The van der Waals surface area contributed by atoms with Gasteiger partial charge >= 0.3 is 0 Å². The number of hydrogen-bond acceptors (Lipinski definition) is 4. The third-order valence-electron chi connectivity index (χ3n) is 4.35. The molecule has 1 unspecified atom stereocenters. The van der Waals surface area contributed by atoms with E-state index in [4.69, 9.17) is 4.52 Å². The Balaban J connectivity index is 1.89. The van der Waals surface area contributed by atoms with Crippen LogP contribution in [0, 0.1) is 0 Å². The Bertz CT molecular complexity index is 631. The largest absolute Gasteiger partial charge is 0.339 e. The Hall–Kier alpha value is -1.97. The number of rotatable bonds is 3. The molecule has 1 aromatic heterocycles. The lowest BCUT2D eigenvalue weighted by Gasteiger charge is -2.21. The van der Waals surface area contributed by atoms with Crippen molar-refractivity contribution in [3.63, 3.8) is 0 Å². The molecule has 2 aromatic rings. The molecule has 110 valence electrons. The fraction of sp³-hybridized carbons (Fsp3) is 0.471. The van der Waals surface area contributed by atoms with Gasteiger partial charge in [0, 0.05) is 6.42 Å². The highest BCUT2D eigenvalue weighted by molar-refractivity contribution is 5.85. The van der Waals surface area contributed by atoms with Crippen molar-refractivity contribution in [2.24, 2.45) is 0 Å². The Morgan fingerprint density at radius 2 is 1.95 bits per heavy atom. The standard InChI is InChI=1S/C17H20N2O2/c1-17(2,12-8-4-3-5-9-12)16-18-15(21-19-16)13-10-6-7-11-14(13)20/h3-5,8-9,13H,6-7,10-11H2,1-2H3. The van der Waals surface area contributed by atoms with E-state index in [0.717, 1.165) is 24.8 Å². The molecule has 3 rings (SSSR count). The van der Waals surface area contributed by atoms with Crippen LogP contribution in [0.5, 0.6) is 0 Å². The van der Waals surface area contributed by atoms with Crippen molar-refractivity contribution in [2.45, 2.75) is 50.9 Å². The van der Waals surface area contributed by atoms with E-state index in [1.54, 1.807) is 0 Å². The van der Waals surface area contributed by atoms with Crippen LogP contribution in [0.25, 0.3) is 0 Å². The normalized spacial score (nSPS) is 19.7. The van der Waals surface area contributed by atoms with Crippen LogP contribution in [0.2, 0.25) is 0 Å². The minimum absolute atomic E-state index is 0.202. The number of nitrogens with zero attached hydrogens (tertiary/aromatic N) is 2. The first-order valence-corrected chi connectivity index (χ1v) is 7.51. The highest BCUT2D eigenvalue weighted by Gasteiger charge is 2.33. The van der Waals surface area contributed by atoms with E-state index in [9.17, 15) is 4.79 Å². The molecule has 0 saturated heterocycles. The van der Waals surface area contributed by atoms with Crippen LogP contribution in [0.15, 0.2) is 34.9 Å². The number of carbonyl (C=O) groups is 1. The fourth-order valence-electron chi connectivity index (χ4n) is 2.86. The molecule has 1 aliphatic rings. The lowest BCUT2D eigenvalue weighted by Crippen LogP contribution is -2.21. The van der Waals surface area contributed by atoms with E-state index in [1.165, 1.54) is 0 Å². The van der Waals surface area contributed by atoms with Gasteiger partial charge in [-0.05, 0) is 32.3 Å². The van der Waals surface area contributed by atoms with Crippen molar-refractivity contribution >= 4 is 5.78 Å². The monoisotopic (exact) mass is 284 g/mol. The van der Waals surface area contributed by atoms with E-state index >= 15 is 0 Å². The third kappa shape index (κ3) is 2.62. The molecule has 4 heteroatoms. The van der Waals surface area contributed by atoms with Crippen LogP contribution in [0.3, 0.4) is 0 Å². The number of ketones is 1. The summed E-state index contributed by atoms with van der Waals surface area (Å²) in [6.45, 7) is 4.14. The molecule has 1 saturated carbocycles. The van der Waals surface area contributed by atoms with E-state index in [1.807, 2.05) is 18.2 Å². The number of carbonyl (C=O) groups excluding carboxylic acids is 1. The van der Waals surface area contributed by atoms with Gasteiger partial charge in [-0.25, -0.2) is 0 Å². The summed E-state index contributed by atoms with van der Waals surface area (Å²) >= 11 is 0. The van der Waals surface area contributed by atoms with Gasteiger partial charge in [0.1, 0.15) is 5.78 Å². The maximum atomic E-state index is 12.0. The lowest BCUT2D eigenvalue weighted by atomic mass is 9.84. The minimum atomic E-state index is -0.333. The Morgan fingerprint density at radius 3 is 2.67 bits per heavy atom. The van der Waals surface area contributed by atoms with Crippen molar-refractivity contribution in [1.82, 2.24) is 10.1 Å². The second-order valence-electron chi connectivity index (χ2n) is 6.21. The highest BCUT2D eigenvalue weighted by Crippen LogP contribution is 2.33. The molecular weight excluding hydrogens is 264 g/mol. The van der Waals surface area contributed by atoms with Crippen molar-refractivity contribution in [3.8, 4) is 0 Å². The van der Waals surface area contributed by atoms with E-state index in [0.29, 0.717) is 18.1 Å². The second kappa shape index (κ2) is 5.43. The van der Waals surface area contributed by atoms with Gasteiger partial charge in [-0.15, -0.1) is 0 Å². The second-order valence-corrected chi connectivity index (χ2v) is 6.21. The molecular formula is C17H20N2O2. The zero-order chi connectivity index (χ0) is 14.9. The summed E-state index contributed by atoms with van der Waals surface area (Å²) in [7, 11) is 0. The van der Waals surface area contributed by atoms with E-state index in [2.05, 4.69) is 36.1 Å². The van der Waals surface area contributed by atoms with Crippen molar-refractivity contribution < 1.29 is 9.32 Å². The summed E-state index contributed by atoms with van der Waals surface area (Å²) in [5.41, 5.74) is 0.799. The van der Waals surface area contributed by atoms with Crippen molar-refractivity contribution in [1.29, 1.82) is 0 Å². The van der Waals surface area contributed by atoms with E-state index in [-0.39, 0.29) is 17.1 Å². The molecule has 0 bridgehead atoms. The van der Waals surface area contributed by atoms with Gasteiger partial charge in [-0.2, -0.15) is 4.98 Å². The molecule has 0 aliphatic heterocycles. The first kappa shape index (κ1) is 14.0. The Kier molecular flexibility index (Phi) is 3.62. The molecule has 1 aromatic carbocycles. The molecule has 4 nitrogen and oxygen atoms in total. The van der Waals surface area contributed by atoms with Gasteiger partial charge < -0.3 is 4.52 Å². The van der Waals surface area contributed by atoms with Gasteiger partial charge in [-0.3, -0.25) is 4.79 Å². The molecule has 21 heavy (non-hydrogen) atoms. The quantitative estimate of drug-likeness (QED) is 0.863. The van der Waals surface area contributed by atoms with Gasteiger partial charge in [0.2, 0.25) is 5.89 Å². The number of Topliss-reactive ketones (excluding diaryl/α,β-unsaturated/α-hetero) is 1. The first-order chi connectivity index (χ1) is 10.1. The number of hydrogen-bond donors (Lipinski definition) is 0. The first-order valence-electron chi connectivity index (χ1n) is 7.51. The van der Waals surface area contributed by atoms with Gasteiger partial charge in [0.05, 0.1) is 11.3 Å². The minimum Gasteiger partial charge on any atom is -0.339 e. The zero-order valence-electron chi connectivity index (χ0n) is 12.5.